The second kappa shape index (κ2) is 27.1. The molecule has 0 aliphatic carbocycles. The predicted molar refractivity (Wildman–Crippen MR) is 297 cm³/mol. The summed E-state index contributed by atoms with van der Waals surface area (Å²) in [6, 6.07) is 14.6. The molecular formula is C57H69F4N9O10S. The van der Waals surface area contributed by atoms with Crippen molar-refractivity contribution in [3.63, 3.8) is 0 Å². The molecule has 0 spiro atoms. The number of aromatic nitrogens is 2. The van der Waals surface area contributed by atoms with E-state index in [0.717, 1.165) is 27.8 Å². The molecule has 24 heteroatoms. The number of anilines is 2. The molecule has 2 fully saturated rings. The summed E-state index contributed by atoms with van der Waals surface area (Å²) in [6.07, 6.45) is -5.19. The van der Waals surface area contributed by atoms with Crippen LogP contribution >= 0.6 is 11.3 Å². The lowest BCUT2D eigenvalue weighted by Crippen LogP contribution is -2.58. The van der Waals surface area contributed by atoms with Crippen molar-refractivity contribution >= 4 is 52.2 Å². The van der Waals surface area contributed by atoms with Crippen molar-refractivity contribution < 1.29 is 60.9 Å². The zero-order chi connectivity index (χ0) is 58.8. The molecule has 0 saturated carbocycles. The van der Waals surface area contributed by atoms with Crippen molar-refractivity contribution in [3.8, 4) is 21.6 Å². The highest BCUT2D eigenvalue weighted by atomic mass is 32.1. The average molecular weight is 1150 g/mol. The Bertz CT molecular complexity index is 3080. The highest BCUT2D eigenvalue weighted by Crippen LogP contribution is 2.37. The molecule has 1 unspecified atom stereocenters. The number of rotatable bonds is 22. The molecule has 7 rings (SSSR count). The molecule has 0 bridgehead atoms. The number of likely N-dealkylation sites (N-methyl/N-ethyl adjacent to an activating group) is 1. The number of carbonyl (C=O) groups is 5. The number of amides is 5. The second-order valence-electron chi connectivity index (χ2n) is 21.2. The lowest BCUT2D eigenvalue weighted by atomic mass is 9.85. The van der Waals surface area contributed by atoms with Gasteiger partial charge in [0, 0.05) is 74.6 Å². The molecule has 3 aromatic carbocycles. The van der Waals surface area contributed by atoms with E-state index in [2.05, 4.69) is 36.1 Å². The first-order chi connectivity index (χ1) is 38.4. The Hall–Kier alpha value is -7.09. The smallest absolute Gasteiger partial charge is 0.391 e. The Labute approximate surface area is 470 Å². The van der Waals surface area contributed by atoms with Gasteiger partial charge in [0.05, 0.1) is 77.7 Å². The number of aryl methyl sites for hydroxylation is 1. The van der Waals surface area contributed by atoms with Crippen LogP contribution < -0.4 is 31.7 Å². The van der Waals surface area contributed by atoms with Crippen LogP contribution in [0.3, 0.4) is 0 Å². The number of pyridine rings is 1. The van der Waals surface area contributed by atoms with E-state index in [-0.39, 0.29) is 100 Å². The van der Waals surface area contributed by atoms with Gasteiger partial charge in [0.1, 0.15) is 24.5 Å². The number of nitrogens with zero attached hydrogens (tertiary/aromatic N) is 4. The standard InChI is InChI=1S/C57H69F4N9O10S/c1-33-28-69(29-34(2)68(33)7)46-15-13-38(23-45(46)66-53(75)42-27-63-48(72)25-43(42)57(59,60)61)41-22-39(12-14-44(41)58)52(74)62-16-17-78-18-19-79-20-21-80-31-49(73)67-51(56(4,5)6)55(77)70-30-40(71)24-47(70)54(76)64-26-36-8-10-37(11-9-36)50-35(3)65-32-81-50/h8-15,22-23,25,27,32-34,40,47,51,71H,16-21,24,26,28-31H2,1-7H3,(H,62,74)(H,63,72)(H,64,76)(H,66,75)(H,67,73)/t33-,34+,40-,47+,51?/m1/s1. The van der Waals surface area contributed by atoms with Gasteiger partial charge >= 0.3 is 6.18 Å². The van der Waals surface area contributed by atoms with Gasteiger partial charge in [0.15, 0.2) is 0 Å². The zero-order valence-corrected chi connectivity index (χ0v) is 47.0. The molecule has 19 nitrogen and oxygen atoms in total. The maximum Gasteiger partial charge on any atom is 0.417 e. The van der Waals surface area contributed by atoms with E-state index in [0.29, 0.717) is 31.0 Å². The van der Waals surface area contributed by atoms with Gasteiger partial charge in [0.2, 0.25) is 23.3 Å². The summed E-state index contributed by atoms with van der Waals surface area (Å²) < 4.78 is 74.2. The van der Waals surface area contributed by atoms with Crippen molar-refractivity contribution in [2.45, 2.75) is 91.0 Å². The minimum absolute atomic E-state index is 0.0141. The van der Waals surface area contributed by atoms with E-state index in [4.69, 9.17) is 14.2 Å². The lowest BCUT2D eigenvalue weighted by Gasteiger charge is -2.44. The van der Waals surface area contributed by atoms with Gasteiger partial charge in [-0.05, 0) is 80.3 Å². The average Bonchev–Trinajstić information content (AvgIpc) is 4.08. The minimum Gasteiger partial charge on any atom is -0.391 e. The zero-order valence-electron chi connectivity index (χ0n) is 46.2. The predicted octanol–water partition coefficient (Wildman–Crippen LogP) is 6.00. The Morgan fingerprint density at radius 1 is 0.852 bits per heavy atom. The number of aliphatic hydroxyl groups excluding tert-OH is 1. The van der Waals surface area contributed by atoms with Crippen LogP contribution in [-0.2, 0) is 41.3 Å². The second-order valence-corrected chi connectivity index (χ2v) is 22.1. The molecule has 2 aliphatic rings. The number of aliphatic hydroxyl groups is 1. The fourth-order valence-corrected chi connectivity index (χ4v) is 10.4. The third-order valence-corrected chi connectivity index (χ3v) is 15.2. The molecule has 436 valence electrons. The van der Waals surface area contributed by atoms with Crippen molar-refractivity contribution in [3.05, 3.63) is 123 Å². The van der Waals surface area contributed by atoms with E-state index in [1.54, 1.807) is 49.8 Å². The SMILES string of the molecule is Cc1ncsc1-c1ccc(CNC(=O)[C@@H]2C[C@@H](O)CN2C(=O)C(NC(=O)COCCOCCOCCNC(=O)c2ccc(F)c(-c3ccc(N4C[C@@H](C)N(C)[C@@H](C)C4)c(NC(=O)c4c[nH]c(=O)cc4C(F)(F)F)c3)c2)C(C)(C)C)cc1. The third-order valence-electron chi connectivity index (χ3n) is 14.2. The molecule has 5 atom stereocenters. The van der Waals surface area contributed by atoms with Gasteiger partial charge in [-0.1, -0.05) is 51.1 Å². The fourth-order valence-electron chi connectivity index (χ4n) is 9.58. The third kappa shape index (κ3) is 16.1. The molecule has 2 saturated heterocycles. The summed E-state index contributed by atoms with van der Waals surface area (Å²) in [4.78, 5) is 92.1. The Morgan fingerprint density at radius 3 is 2.17 bits per heavy atom. The molecule has 5 aromatic rings. The number of nitrogens with one attached hydrogen (secondary N) is 5. The summed E-state index contributed by atoms with van der Waals surface area (Å²) in [7, 11) is 1.98. The van der Waals surface area contributed by atoms with Gasteiger partial charge in [-0.2, -0.15) is 13.2 Å². The summed E-state index contributed by atoms with van der Waals surface area (Å²) in [5, 5.41) is 21.5. The van der Waals surface area contributed by atoms with Crippen LogP contribution in [0.15, 0.2) is 83.2 Å². The molecule has 6 N–H and O–H groups in total. The molecule has 5 amide bonds. The maximum absolute atomic E-state index is 15.6. The molecule has 0 radical (unpaired) electrons. The van der Waals surface area contributed by atoms with E-state index in [9.17, 15) is 47.0 Å². The highest BCUT2D eigenvalue weighted by Gasteiger charge is 2.45. The molecule has 4 heterocycles. The van der Waals surface area contributed by atoms with Crippen LogP contribution in [0.4, 0.5) is 28.9 Å². The first-order valence-electron chi connectivity index (χ1n) is 26.5. The highest BCUT2D eigenvalue weighted by molar-refractivity contribution is 7.13. The van der Waals surface area contributed by atoms with Crippen LogP contribution in [0.25, 0.3) is 21.6 Å². The Kier molecular flexibility index (Phi) is 20.6. The number of ether oxygens (including phenoxy) is 3. The number of likely N-dealkylation sites (tertiary alicyclic amines) is 1. The van der Waals surface area contributed by atoms with Crippen LogP contribution in [0.1, 0.15) is 78.6 Å². The number of β-amino-alcohol motifs (C(OH)–C–C–N with tert-alkyl or cyclic N) is 1. The summed E-state index contributed by atoms with van der Waals surface area (Å²) >= 11 is 1.55. The molecular weight excluding hydrogens is 1080 g/mol. The number of alkyl halides is 3. The number of halogens is 4. The first-order valence-corrected chi connectivity index (χ1v) is 27.4. The van der Waals surface area contributed by atoms with Crippen LogP contribution in [0.5, 0.6) is 0 Å². The molecule has 2 aromatic heterocycles. The number of piperazine rings is 1. The number of benzene rings is 3. The van der Waals surface area contributed by atoms with Gasteiger partial charge in [-0.25, -0.2) is 9.37 Å². The van der Waals surface area contributed by atoms with Crippen LogP contribution in [-0.4, -0.2) is 158 Å². The Balaban J connectivity index is 0.837. The van der Waals surface area contributed by atoms with Crippen molar-refractivity contribution in [1.29, 1.82) is 0 Å². The fraction of sp³-hybridized carbons (Fsp3) is 0.456. The van der Waals surface area contributed by atoms with Crippen molar-refractivity contribution in [2.75, 3.05) is 83.1 Å². The van der Waals surface area contributed by atoms with Gasteiger partial charge in [-0.3, -0.25) is 33.7 Å². The Morgan fingerprint density at radius 2 is 1.52 bits per heavy atom. The van der Waals surface area contributed by atoms with E-state index in [1.807, 2.05) is 57.0 Å². The number of hydrogen-bond acceptors (Lipinski definition) is 14. The number of carbonyl (C=O) groups excluding carboxylic acids is 5. The summed E-state index contributed by atoms with van der Waals surface area (Å²) in [5.74, 6) is -3.88. The van der Waals surface area contributed by atoms with E-state index in [1.165, 1.54) is 23.1 Å². The lowest BCUT2D eigenvalue weighted by molar-refractivity contribution is -0.144. The largest absolute Gasteiger partial charge is 0.417 e. The monoisotopic (exact) mass is 1150 g/mol. The van der Waals surface area contributed by atoms with E-state index >= 15 is 4.39 Å². The number of H-pyrrole nitrogens is 1. The van der Waals surface area contributed by atoms with E-state index < -0.39 is 81.8 Å². The van der Waals surface area contributed by atoms with Crippen molar-refractivity contribution in [1.82, 2.24) is 35.7 Å². The number of thiazole rings is 1. The topological polar surface area (TPSA) is 237 Å². The van der Waals surface area contributed by atoms with Crippen LogP contribution in [0, 0.1) is 18.2 Å². The van der Waals surface area contributed by atoms with Crippen LogP contribution in [0.2, 0.25) is 0 Å². The summed E-state index contributed by atoms with van der Waals surface area (Å²) in [6.45, 7) is 12.7. The molecule has 2 aliphatic heterocycles. The van der Waals surface area contributed by atoms with Gasteiger partial charge < -0.3 is 55.4 Å². The maximum atomic E-state index is 15.6. The quantitative estimate of drug-likeness (QED) is 0.0345. The van der Waals surface area contributed by atoms with Gasteiger partial charge in [-0.15, -0.1) is 11.3 Å². The van der Waals surface area contributed by atoms with Gasteiger partial charge in [0.25, 0.3) is 11.8 Å². The van der Waals surface area contributed by atoms with Crippen molar-refractivity contribution in [2.24, 2.45) is 5.41 Å². The number of hydrogen-bond donors (Lipinski definition) is 6. The minimum atomic E-state index is -5.01. The normalized spacial score (nSPS) is 18.1. The first kappa shape index (κ1) is 61.5. The molecule has 81 heavy (non-hydrogen) atoms. The number of aromatic amines is 1. The summed E-state index contributed by atoms with van der Waals surface area (Å²) in [5.41, 5.74) is 1.43.